The lowest BCUT2D eigenvalue weighted by Gasteiger charge is -2.16. The van der Waals surface area contributed by atoms with Crippen molar-refractivity contribution in [3.63, 3.8) is 0 Å². The maximum Gasteiger partial charge on any atom is 0.258 e. The summed E-state index contributed by atoms with van der Waals surface area (Å²) in [6.07, 6.45) is -0.633. The van der Waals surface area contributed by atoms with Crippen LogP contribution in [0, 0.1) is 6.92 Å². The number of carbonyl (C=O) groups is 1. The molecule has 0 fully saturated rings. The van der Waals surface area contributed by atoms with Crippen molar-refractivity contribution in [2.45, 2.75) is 13.0 Å². The van der Waals surface area contributed by atoms with Crippen LogP contribution in [-0.2, 0) is 9.53 Å². The molecule has 0 aliphatic carbocycles. The van der Waals surface area contributed by atoms with Crippen molar-refractivity contribution in [1.82, 2.24) is 0 Å². The average molecular weight is 290 g/mol. The quantitative estimate of drug-likeness (QED) is 0.925. The average Bonchev–Trinajstić information content (AvgIpc) is 2.44. The number of hydrogen-bond acceptors (Lipinski definition) is 2. The van der Waals surface area contributed by atoms with Crippen LogP contribution in [0.5, 0.6) is 0 Å². The van der Waals surface area contributed by atoms with Gasteiger partial charge in [-0.2, -0.15) is 0 Å². The molecule has 0 aromatic heterocycles. The van der Waals surface area contributed by atoms with Crippen molar-refractivity contribution in [1.29, 1.82) is 0 Å². The van der Waals surface area contributed by atoms with E-state index < -0.39 is 6.10 Å². The summed E-state index contributed by atoms with van der Waals surface area (Å²) in [5.41, 5.74) is 2.46. The summed E-state index contributed by atoms with van der Waals surface area (Å²) in [5.74, 6) is -0.205. The van der Waals surface area contributed by atoms with E-state index in [1.54, 1.807) is 12.1 Å². The third-order valence-corrected chi connectivity index (χ3v) is 3.26. The zero-order valence-corrected chi connectivity index (χ0v) is 12.1. The number of anilines is 1. The molecule has 0 aliphatic heterocycles. The number of nitrogens with one attached hydrogen (secondary N) is 1. The van der Waals surface area contributed by atoms with Gasteiger partial charge in [0.25, 0.3) is 5.91 Å². The first-order chi connectivity index (χ1) is 9.61. The fourth-order valence-electron chi connectivity index (χ4n) is 1.99. The molecule has 2 aromatic carbocycles. The number of aryl methyl sites for hydroxylation is 1. The number of amides is 1. The van der Waals surface area contributed by atoms with Crippen molar-refractivity contribution in [3.8, 4) is 0 Å². The Balaban J connectivity index is 2.18. The summed E-state index contributed by atoms with van der Waals surface area (Å²) in [6.45, 7) is 1.89. The van der Waals surface area contributed by atoms with Crippen LogP contribution >= 0.6 is 11.6 Å². The van der Waals surface area contributed by atoms with Gasteiger partial charge in [-0.3, -0.25) is 4.79 Å². The Morgan fingerprint density at radius 1 is 1.20 bits per heavy atom. The van der Waals surface area contributed by atoms with Crippen molar-refractivity contribution >= 4 is 23.2 Å². The highest BCUT2D eigenvalue weighted by Gasteiger charge is 2.20. The van der Waals surface area contributed by atoms with E-state index in [4.69, 9.17) is 16.3 Å². The van der Waals surface area contributed by atoms with Gasteiger partial charge in [0, 0.05) is 17.8 Å². The number of methoxy groups -OCH3 is 1. The van der Waals surface area contributed by atoms with Crippen molar-refractivity contribution in [3.05, 3.63) is 64.7 Å². The fraction of sp³-hybridized carbons (Fsp3) is 0.188. The van der Waals surface area contributed by atoms with Gasteiger partial charge in [-0.25, -0.2) is 0 Å². The molecule has 2 rings (SSSR count). The predicted molar refractivity (Wildman–Crippen MR) is 81.0 cm³/mol. The minimum absolute atomic E-state index is 0.205. The first-order valence-electron chi connectivity index (χ1n) is 6.26. The molecule has 0 bridgehead atoms. The topological polar surface area (TPSA) is 38.3 Å². The zero-order valence-electron chi connectivity index (χ0n) is 11.4. The Labute approximate surface area is 123 Å². The smallest absolute Gasteiger partial charge is 0.258 e. The Hall–Kier alpha value is -1.84. The van der Waals surface area contributed by atoms with Crippen LogP contribution in [0.15, 0.2) is 48.5 Å². The molecule has 104 valence electrons. The lowest BCUT2D eigenvalue weighted by atomic mass is 10.1. The van der Waals surface area contributed by atoms with E-state index in [0.29, 0.717) is 5.02 Å². The van der Waals surface area contributed by atoms with E-state index in [1.807, 2.05) is 43.3 Å². The van der Waals surface area contributed by atoms with Gasteiger partial charge >= 0.3 is 0 Å². The van der Waals surface area contributed by atoms with Gasteiger partial charge in [0.05, 0.1) is 0 Å². The summed E-state index contributed by atoms with van der Waals surface area (Å²) < 4.78 is 5.30. The molecular weight excluding hydrogens is 274 g/mol. The standard InChI is InChI=1S/C16H16ClNO2/c1-11-10-13(17)8-9-14(11)18-16(19)15(20-2)12-6-4-3-5-7-12/h3-10,15H,1-2H3,(H,18,19)/t15-/m0/s1. The largest absolute Gasteiger partial charge is 0.367 e. The molecule has 4 heteroatoms. The predicted octanol–water partition coefficient (Wildman–Crippen LogP) is 3.97. The van der Waals surface area contributed by atoms with Gasteiger partial charge < -0.3 is 10.1 Å². The molecule has 0 heterocycles. The number of rotatable bonds is 4. The third-order valence-electron chi connectivity index (χ3n) is 3.02. The van der Waals surface area contributed by atoms with Gasteiger partial charge in [0.1, 0.15) is 0 Å². The molecule has 0 spiro atoms. The van der Waals surface area contributed by atoms with Crippen LogP contribution < -0.4 is 5.32 Å². The second-order valence-electron chi connectivity index (χ2n) is 4.47. The first-order valence-corrected chi connectivity index (χ1v) is 6.64. The van der Waals surface area contributed by atoms with Crippen molar-refractivity contribution < 1.29 is 9.53 Å². The van der Waals surface area contributed by atoms with E-state index >= 15 is 0 Å². The van der Waals surface area contributed by atoms with Crippen LogP contribution in [-0.4, -0.2) is 13.0 Å². The Morgan fingerprint density at radius 3 is 2.50 bits per heavy atom. The normalized spacial score (nSPS) is 11.9. The molecule has 3 nitrogen and oxygen atoms in total. The SMILES string of the molecule is CO[C@H](C(=O)Nc1ccc(Cl)cc1C)c1ccccc1. The number of hydrogen-bond donors (Lipinski definition) is 1. The highest BCUT2D eigenvalue weighted by molar-refractivity contribution is 6.30. The summed E-state index contributed by atoms with van der Waals surface area (Å²) in [5, 5.41) is 3.51. The maximum absolute atomic E-state index is 12.3. The number of benzene rings is 2. The van der Waals surface area contributed by atoms with Gasteiger partial charge in [-0.05, 0) is 36.2 Å². The fourth-order valence-corrected chi connectivity index (χ4v) is 2.21. The maximum atomic E-state index is 12.3. The molecular formula is C16H16ClNO2. The summed E-state index contributed by atoms with van der Waals surface area (Å²) in [7, 11) is 1.52. The zero-order chi connectivity index (χ0) is 14.5. The number of ether oxygens (including phenoxy) is 1. The minimum Gasteiger partial charge on any atom is -0.367 e. The first kappa shape index (κ1) is 14.6. The highest BCUT2D eigenvalue weighted by Crippen LogP contribution is 2.23. The summed E-state index contributed by atoms with van der Waals surface area (Å²) >= 11 is 5.90. The van der Waals surface area contributed by atoms with Gasteiger partial charge in [-0.15, -0.1) is 0 Å². The molecule has 0 aliphatic rings. The molecule has 1 N–H and O–H groups in total. The molecule has 1 atom stereocenters. The second kappa shape index (κ2) is 6.55. The summed E-state index contributed by atoms with van der Waals surface area (Å²) in [4.78, 5) is 12.3. The van der Waals surface area contributed by atoms with E-state index in [1.165, 1.54) is 7.11 Å². The van der Waals surface area contributed by atoms with E-state index in [9.17, 15) is 4.79 Å². The van der Waals surface area contributed by atoms with Gasteiger partial charge in [0.2, 0.25) is 0 Å². The lowest BCUT2D eigenvalue weighted by molar-refractivity contribution is -0.126. The highest BCUT2D eigenvalue weighted by atomic mass is 35.5. The summed E-state index contributed by atoms with van der Waals surface area (Å²) in [6, 6.07) is 14.7. The van der Waals surface area contributed by atoms with Gasteiger partial charge in [-0.1, -0.05) is 41.9 Å². The molecule has 0 saturated carbocycles. The molecule has 0 unspecified atom stereocenters. The Bertz CT molecular complexity index is 599. The Morgan fingerprint density at radius 2 is 1.90 bits per heavy atom. The van der Waals surface area contributed by atoms with Crippen molar-refractivity contribution in [2.24, 2.45) is 0 Å². The third kappa shape index (κ3) is 3.38. The molecule has 2 aromatic rings. The molecule has 20 heavy (non-hydrogen) atoms. The van der Waals surface area contributed by atoms with Crippen LogP contribution in [0.1, 0.15) is 17.2 Å². The molecule has 0 radical (unpaired) electrons. The minimum atomic E-state index is -0.633. The van der Waals surface area contributed by atoms with Crippen LogP contribution in [0.4, 0.5) is 5.69 Å². The lowest BCUT2D eigenvalue weighted by Crippen LogP contribution is -2.22. The van der Waals surface area contributed by atoms with Gasteiger partial charge in [0.15, 0.2) is 6.10 Å². The second-order valence-corrected chi connectivity index (χ2v) is 4.91. The monoisotopic (exact) mass is 289 g/mol. The number of carbonyl (C=O) groups excluding carboxylic acids is 1. The number of halogens is 1. The Kier molecular flexibility index (Phi) is 4.77. The van der Waals surface area contributed by atoms with Crippen LogP contribution in [0.2, 0.25) is 5.02 Å². The van der Waals surface area contributed by atoms with E-state index in [0.717, 1.165) is 16.8 Å². The van der Waals surface area contributed by atoms with E-state index in [2.05, 4.69) is 5.32 Å². The van der Waals surface area contributed by atoms with Crippen LogP contribution in [0.3, 0.4) is 0 Å². The van der Waals surface area contributed by atoms with Crippen LogP contribution in [0.25, 0.3) is 0 Å². The van der Waals surface area contributed by atoms with Crippen molar-refractivity contribution in [2.75, 3.05) is 12.4 Å². The molecule has 1 amide bonds. The van der Waals surface area contributed by atoms with E-state index in [-0.39, 0.29) is 5.91 Å². The molecule has 0 saturated heterocycles.